The van der Waals surface area contributed by atoms with Gasteiger partial charge in [0.15, 0.2) is 0 Å². The molecular weight excluding hydrogens is 251 g/mol. The maximum absolute atomic E-state index is 13.2. The number of piperidine rings is 1. The molecule has 1 heterocycles. The van der Waals surface area contributed by atoms with Crippen LogP contribution in [0.3, 0.4) is 0 Å². The Morgan fingerprint density at radius 1 is 1.16 bits per heavy atom. The number of rotatable bonds is 2. The molecule has 19 heavy (non-hydrogen) atoms. The highest BCUT2D eigenvalue weighted by atomic mass is 19.4. The van der Waals surface area contributed by atoms with Crippen molar-refractivity contribution in [3.63, 3.8) is 0 Å². The lowest BCUT2D eigenvalue weighted by Crippen LogP contribution is -2.50. The Morgan fingerprint density at radius 3 is 2.37 bits per heavy atom. The second-order valence-electron chi connectivity index (χ2n) is 5.55. The van der Waals surface area contributed by atoms with Gasteiger partial charge in [-0.2, -0.15) is 13.2 Å². The summed E-state index contributed by atoms with van der Waals surface area (Å²) in [5.41, 5.74) is -0.653. The zero-order chi connectivity index (χ0) is 14.1. The second-order valence-corrected chi connectivity index (χ2v) is 5.55. The molecule has 0 bridgehead atoms. The van der Waals surface area contributed by atoms with E-state index < -0.39 is 17.3 Å². The molecule has 0 aliphatic carbocycles. The predicted octanol–water partition coefficient (Wildman–Crippen LogP) is 4.33. The summed E-state index contributed by atoms with van der Waals surface area (Å²) in [5.74, 6) is 0.122. The van der Waals surface area contributed by atoms with E-state index in [2.05, 4.69) is 5.32 Å². The zero-order valence-corrected chi connectivity index (χ0v) is 11.3. The van der Waals surface area contributed by atoms with Crippen molar-refractivity contribution in [1.82, 2.24) is 5.32 Å². The quantitative estimate of drug-likeness (QED) is 0.844. The van der Waals surface area contributed by atoms with E-state index in [0.717, 1.165) is 25.8 Å². The largest absolute Gasteiger partial charge is 0.416 e. The fourth-order valence-electron chi connectivity index (χ4n) is 3.08. The van der Waals surface area contributed by atoms with Crippen LogP contribution in [0, 0.1) is 5.92 Å². The number of halogens is 3. The van der Waals surface area contributed by atoms with Crippen LogP contribution in [0.15, 0.2) is 24.3 Å². The SMILES string of the molecule is CC(C)C1(c2ccccc2C(F)(F)F)CCCCN1. The molecular formula is C15H20F3N. The molecule has 1 fully saturated rings. The second kappa shape index (κ2) is 5.16. The Hall–Kier alpha value is -1.03. The maximum atomic E-state index is 13.2. The zero-order valence-electron chi connectivity index (χ0n) is 11.3. The lowest BCUT2D eigenvalue weighted by molar-refractivity contribution is -0.139. The van der Waals surface area contributed by atoms with Gasteiger partial charge in [0, 0.05) is 5.54 Å². The molecule has 1 aliphatic rings. The van der Waals surface area contributed by atoms with Crippen LogP contribution in [0.25, 0.3) is 0 Å². The van der Waals surface area contributed by atoms with Gasteiger partial charge in [-0.15, -0.1) is 0 Å². The van der Waals surface area contributed by atoms with Gasteiger partial charge in [-0.25, -0.2) is 0 Å². The lowest BCUT2D eigenvalue weighted by Gasteiger charge is -2.43. The highest BCUT2D eigenvalue weighted by Gasteiger charge is 2.43. The van der Waals surface area contributed by atoms with Crippen LogP contribution in [0.4, 0.5) is 13.2 Å². The van der Waals surface area contributed by atoms with Crippen LogP contribution in [-0.4, -0.2) is 6.54 Å². The third kappa shape index (κ3) is 2.64. The van der Waals surface area contributed by atoms with E-state index in [1.54, 1.807) is 12.1 Å². The molecule has 0 spiro atoms. The van der Waals surface area contributed by atoms with Crippen molar-refractivity contribution in [2.75, 3.05) is 6.54 Å². The minimum atomic E-state index is -4.29. The van der Waals surface area contributed by atoms with Crippen molar-refractivity contribution in [2.24, 2.45) is 5.92 Å². The number of benzene rings is 1. The summed E-state index contributed by atoms with van der Waals surface area (Å²) in [6.07, 6.45) is -1.53. The fourth-order valence-corrected chi connectivity index (χ4v) is 3.08. The van der Waals surface area contributed by atoms with Crippen LogP contribution in [0.2, 0.25) is 0 Å². The summed E-state index contributed by atoms with van der Waals surface area (Å²) in [7, 11) is 0. The standard InChI is InChI=1S/C15H20F3N/c1-11(2)14(9-5-6-10-19-14)12-7-3-4-8-13(12)15(16,17)18/h3-4,7-8,11,19H,5-6,9-10H2,1-2H3. The molecule has 0 saturated carbocycles. The van der Waals surface area contributed by atoms with E-state index in [4.69, 9.17) is 0 Å². The molecule has 1 unspecified atom stereocenters. The summed E-state index contributed by atoms with van der Waals surface area (Å²) >= 11 is 0. The van der Waals surface area contributed by atoms with Crippen molar-refractivity contribution in [1.29, 1.82) is 0 Å². The number of hydrogen-bond donors (Lipinski definition) is 1. The van der Waals surface area contributed by atoms with Crippen LogP contribution in [-0.2, 0) is 11.7 Å². The molecule has 1 aromatic carbocycles. The summed E-state index contributed by atoms with van der Waals surface area (Å²) < 4.78 is 39.6. The van der Waals surface area contributed by atoms with E-state index in [-0.39, 0.29) is 5.92 Å². The topological polar surface area (TPSA) is 12.0 Å². The summed E-state index contributed by atoms with van der Waals surface area (Å²) in [6.45, 7) is 4.77. The number of nitrogens with one attached hydrogen (secondary N) is 1. The summed E-state index contributed by atoms with van der Waals surface area (Å²) in [4.78, 5) is 0. The molecule has 0 radical (unpaired) electrons. The minimum Gasteiger partial charge on any atom is -0.307 e. The maximum Gasteiger partial charge on any atom is 0.416 e. The van der Waals surface area contributed by atoms with E-state index in [1.807, 2.05) is 13.8 Å². The van der Waals surface area contributed by atoms with Crippen LogP contribution < -0.4 is 5.32 Å². The highest BCUT2D eigenvalue weighted by molar-refractivity contribution is 5.37. The molecule has 4 heteroatoms. The summed E-state index contributed by atoms with van der Waals surface area (Å²) in [6, 6.07) is 5.98. The monoisotopic (exact) mass is 271 g/mol. The number of alkyl halides is 3. The molecule has 1 saturated heterocycles. The Bertz CT molecular complexity index is 431. The third-order valence-corrected chi connectivity index (χ3v) is 4.14. The van der Waals surface area contributed by atoms with Gasteiger partial charge in [0.05, 0.1) is 5.56 Å². The van der Waals surface area contributed by atoms with Crippen LogP contribution in [0.5, 0.6) is 0 Å². The van der Waals surface area contributed by atoms with Gasteiger partial charge in [0.2, 0.25) is 0 Å². The molecule has 0 aromatic heterocycles. The average Bonchev–Trinajstić information content (AvgIpc) is 2.38. The van der Waals surface area contributed by atoms with E-state index in [0.29, 0.717) is 5.56 Å². The highest BCUT2D eigenvalue weighted by Crippen LogP contribution is 2.43. The van der Waals surface area contributed by atoms with Gasteiger partial charge in [-0.1, -0.05) is 32.0 Å². The number of hydrogen-bond acceptors (Lipinski definition) is 1. The van der Waals surface area contributed by atoms with Gasteiger partial charge in [-0.3, -0.25) is 0 Å². The van der Waals surface area contributed by atoms with Crippen LogP contribution >= 0.6 is 0 Å². The van der Waals surface area contributed by atoms with Gasteiger partial charge >= 0.3 is 6.18 Å². The average molecular weight is 271 g/mol. The first-order valence-electron chi connectivity index (χ1n) is 6.79. The lowest BCUT2D eigenvalue weighted by atomic mass is 9.72. The van der Waals surface area contributed by atoms with E-state index in [1.165, 1.54) is 12.1 Å². The Labute approximate surface area is 112 Å². The van der Waals surface area contributed by atoms with E-state index in [9.17, 15) is 13.2 Å². The van der Waals surface area contributed by atoms with Crippen molar-refractivity contribution in [3.05, 3.63) is 35.4 Å². The van der Waals surface area contributed by atoms with Gasteiger partial charge in [0.25, 0.3) is 0 Å². The molecule has 1 N–H and O–H groups in total. The molecule has 1 aromatic rings. The predicted molar refractivity (Wildman–Crippen MR) is 69.8 cm³/mol. The van der Waals surface area contributed by atoms with Crippen molar-refractivity contribution >= 4 is 0 Å². The van der Waals surface area contributed by atoms with E-state index >= 15 is 0 Å². The Balaban J connectivity index is 2.54. The first-order chi connectivity index (χ1) is 8.88. The van der Waals surface area contributed by atoms with Gasteiger partial charge in [0.1, 0.15) is 0 Å². The van der Waals surface area contributed by atoms with Crippen LogP contribution in [0.1, 0.15) is 44.2 Å². The van der Waals surface area contributed by atoms with Gasteiger partial charge < -0.3 is 5.32 Å². The molecule has 1 atom stereocenters. The van der Waals surface area contributed by atoms with Crippen molar-refractivity contribution in [3.8, 4) is 0 Å². The molecule has 1 aliphatic heterocycles. The fraction of sp³-hybridized carbons (Fsp3) is 0.600. The first-order valence-corrected chi connectivity index (χ1v) is 6.79. The van der Waals surface area contributed by atoms with Gasteiger partial charge in [-0.05, 0) is 43.4 Å². The third-order valence-electron chi connectivity index (χ3n) is 4.14. The molecule has 106 valence electrons. The molecule has 0 amide bonds. The van der Waals surface area contributed by atoms with Crippen molar-refractivity contribution in [2.45, 2.75) is 44.8 Å². The van der Waals surface area contributed by atoms with Crippen molar-refractivity contribution < 1.29 is 13.2 Å². The smallest absolute Gasteiger partial charge is 0.307 e. The Kier molecular flexibility index (Phi) is 3.90. The Morgan fingerprint density at radius 2 is 1.84 bits per heavy atom. The normalized spacial score (nSPS) is 24.7. The summed E-state index contributed by atoms with van der Waals surface area (Å²) in [5, 5.41) is 3.36. The molecule has 1 nitrogen and oxygen atoms in total. The molecule has 2 rings (SSSR count). The minimum absolute atomic E-state index is 0.122. The first kappa shape index (κ1) is 14.4.